The van der Waals surface area contributed by atoms with Gasteiger partial charge >= 0.3 is 0 Å². The average molecular weight is 353 g/mol. The first-order chi connectivity index (χ1) is 12.8. The third-order valence-corrected chi connectivity index (χ3v) is 4.59. The number of aryl methyl sites for hydroxylation is 1. The second-order valence-corrected chi connectivity index (χ2v) is 6.73. The number of hydrogen-bond acceptors (Lipinski definition) is 3. The van der Waals surface area contributed by atoms with Crippen LogP contribution in [0.1, 0.15) is 44.1 Å². The Morgan fingerprint density at radius 2 is 2.19 bits per heavy atom. The van der Waals surface area contributed by atoms with Crippen LogP contribution in [0.5, 0.6) is 5.75 Å². The van der Waals surface area contributed by atoms with Crippen molar-refractivity contribution in [3.05, 3.63) is 54.6 Å². The summed E-state index contributed by atoms with van der Waals surface area (Å²) in [5.41, 5.74) is 0.982. The first-order valence-electron chi connectivity index (χ1n) is 9.48. The van der Waals surface area contributed by atoms with Gasteiger partial charge in [0.05, 0.1) is 12.4 Å². The number of rotatable bonds is 9. The lowest BCUT2D eigenvalue weighted by Gasteiger charge is -2.13. The maximum Gasteiger partial charge on any atom is 0.243 e. The van der Waals surface area contributed by atoms with Crippen LogP contribution in [0.2, 0.25) is 0 Å². The van der Waals surface area contributed by atoms with Crippen LogP contribution in [0.3, 0.4) is 0 Å². The van der Waals surface area contributed by atoms with Gasteiger partial charge in [0, 0.05) is 31.6 Å². The number of carbonyl (C=O) groups excluding carboxylic acids is 1. The van der Waals surface area contributed by atoms with Crippen LogP contribution < -0.4 is 10.1 Å². The Morgan fingerprint density at radius 3 is 3.00 bits per heavy atom. The van der Waals surface area contributed by atoms with Gasteiger partial charge in [-0.05, 0) is 62.3 Å². The summed E-state index contributed by atoms with van der Waals surface area (Å²) in [6.45, 7) is 1.61. The molecule has 1 saturated carbocycles. The summed E-state index contributed by atoms with van der Waals surface area (Å²) in [4.78, 5) is 15.9. The van der Waals surface area contributed by atoms with Crippen molar-refractivity contribution in [3.8, 4) is 5.75 Å². The van der Waals surface area contributed by atoms with E-state index in [2.05, 4.69) is 10.3 Å². The molecule has 0 aliphatic heterocycles. The minimum Gasteiger partial charge on any atom is -0.490 e. The lowest BCUT2D eigenvalue weighted by molar-refractivity contribution is -0.116. The van der Waals surface area contributed by atoms with Crippen LogP contribution in [-0.2, 0) is 11.3 Å². The summed E-state index contributed by atoms with van der Waals surface area (Å²) < 4.78 is 8.05. The fraction of sp³-hybridized carbons (Fsp3) is 0.429. The predicted octanol–water partition coefficient (Wildman–Crippen LogP) is 3.81. The third-order valence-electron chi connectivity index (χ3n) is 4.59. The summed E-state index contributed by atoms with van der Waals surface area (Å²) in [5, 5.41) is 2.92. The van der Waals surface area contributed by atoms with Crippen molar-refractivity contribution < 1.29 is 9.53 Å². The van der Waals surface area contributed by atoms with Gasteiger partial charge in [0.25, 0.3) is 0 Å². The van der Waals surface area contributed by atoms with E-state index in [-0.39, 0.29) is 5.91 Å². The summed E-state index contributed by atoms with van der Waals surface area (Å²) in [5.74, 6) is 0.828. The molecule has 5 heteroatoms. The van der Waals surface area contributed by atoms with E-state index < -0.39 is 0 Å². The fourth-order valence-electron chi connectivity index (χ4n) is 3.17. The molecule has 2 aromatic rings. The van der Waals surface area contributed by atoms with Gasteiger partial charge in [0.2, 0.25) is 5.91 Å². The maximum atomic E-state index is 11.9. The van der Waals surface area contributed by atoms with Crippen molar-refractivity contribution in [2.75, 3.05) is 6.54 Å². The Bertz CT molecular complexity index is 704. The maximum absolute atomic E-state index is 11.9. The summed E-state index contributed by atoms with van der Waals surface area (Å²) in [6.07, 6.45) is 16.1. The molecule has 3 rings (SSSR count). The number of benzene rings is 1. The van der Waals surface area contributed by atoms with Crippen LogP contribution in [0.25, 0.3) is 6.08 Å². The highest BCUT2D eigenvalue weighted by molar-refractivity contribution is 5.91. The molecule has 0 saturated heterocycles. The molecule has 5 nitrogen and oxygen atoms in total. The van der Waals surface area contributed by atoms with Gasteiger partial charge in [-0.3, -0.25) is 4.79 Å². The molecular weight excluding hydrogens is 326 g/mol. The van der Waals surface area contributed by atoms with Gasteiger partial charge in [-0.1, -0.05) is 12.1 Å². The highest BCUT2D eigenvalue weighted by Crippen LogP contribution is 2.24. The first-order valence-corrected chi connectivity index (χ1v) is 9.48. The smallest absolute Gasteiger partial charge is 0.243 e. The van der Waals surface area contributed by atoms with Crippen molar-refractivity contribution >= 4 is 12.0 Å². The Morgan fingerprint density at radius 1 is 1.31 bits per heavy atom. The highest BCUT2D eigenvalue weighted by Gasteiger charge is 2.16. The quantitative estimate of drug-likeness (QED) is 0.551. The molecule has 0 bridgehead atoms. The molecule has 1 aliphatic rings. The van der Waals surface area contributed by atoms with E-state index in [9.17, 15) is 4.79 Å². The molecule has 0 spiro atoms. The molecule has 0 radical (unpaired) electrons. The molecule has 1 aromatic heterocycles. The average Bonchev–Trinajstić information content (AvgIpc) is 3.34. The van der Waals surface area contributed by atoms with Gasteiger partial charge < -0.3 is 14.6 Å². The molecule has 1 heterocycles. The standard InChI is InChI=1S/C21H27N3O2/c25-21(23-12-3-4-14-24-15-13-22-17-24)11-10-18-6-5-9-20(16-18)26-19-7-1-2-8-19/h5-6,9-11,13,15-17,19H,1-4,7-8,12,14H2,(H,23,25)/b11-10+. The van der Waals surface area contributed by atoms with E-state index in [1.807, 2.05) is 47.4 Å². The summed E-state index contributed by atoms with van der Waals surface area (Å²) >= 11 is 0. The van der Waals surface area contributed by atoms with Crippen LogP contribution in [-0.4, -0.2) is 28.1 Å². The second-order valence-electron chi connectivity index (χ2n) is 6.73. The number of carbonyl (C=O) groups is 1. The largest absolute Gasteiger partial charge is 0.490 e. The summed E-state index contributed by atoms with van der Waals surface area (Å²) in [7, 11) is 0. The Balaban J connectivity index is 1.37. The monoisotopic (exact) mass is 353 g/mol. The van der Waals surface area contributed by atoms with Crippen molar-refractivity contribution in [1.29, 1.82) is 0 Å². The highest BCUT2D eigenvalue weighted by atomic mass is 16.5. The number of ether oxygens (including phenoxy) is 1. The van der Waals surface area contributed by atoms with E-state index in [1.54, 1.807) is 12.3 Å². The van der Waals surface area contributed by atoms with Crippen molar-refractivity contribution in [2.24, 2.45) is 0 Å². The molecule has 26 heavy (non-hydrogen) atoms. The molecule has 1 N–H and O–H groups in total. The van der Waals surface area contributed by atoms with E-state index in [1.165, 1.54) is 12.8 Å². The minimum absolute atomic E-state index is 0.0604. The molecular formula is C21H27N3O2. The van der Waals surface area contributed by atoms with Crippen LogP contribution in [0.4, 0.5) is 0 Å². The number of unbranched alkanes of at least 4 members (excludes halogenated alkanes) is 1. The van der Waals surface area contributed by atoms with Crippen molar-refractivity contribution in [2.45, 2.75) is 51.2 Å². The summed E-state index contributed by atoms with van der Waals surface area (Å²) in [6, 6.07) is 7.93. The molecule has 0 atom stereocenters. The van der Waals surface area contributed by atoms with Gasteiger partial charge in [-0.25, -0.2) is 4.98 Å². The van der Waals surface area contributed by atoms with Crippen molar-refractivity contribution in [3.63, 3.8) is 0 Å². The van der Waals surface area contributed by atoms with E-state index in [0.29, 0.717) is 12.6 Å². The van der Waals surface area contributed by atoms with Crippen LogP contribution >= 0.6 is 0 Å². The zero-order valence-electron chi connectivity index (χ0n) is 15.1. The predicted molar refractivity (Wildman–Crippen MR) is 103 cm³/mol. The molecule has 1 fully saturated rings. The fourth-order valence-corrected chi connectivity index (χ4v) is 3.17. The van der Waals surface area contributed by atoms with Gasteiger partial charge in [0.15, 0.2) is 0 Å². The second kappa shape index (κ2) is 9.80. The Labute approximate surface area is 155 Å². The molecule has 1 aliphatic carbocycles. The Kier molecular flexibility index (Phi) is 6.88. The number of imidazole rings is 1. The lowest BCUT2D eigenvalue weighted by atomic mass is 10.2. The topological polar surface area (TPSA) is 56.1 Å². The number of amides is 1. The number of hydrogen-bond donors (Lipinski definition) is 1. The number of nitrogens with zero attached hydrogens (tertiary/aromatic N) is 2. The van der Waals surface area contributed by atoms with Crippen molar-refractivity contribution in [1.82, 2.24) is 14.9 Å². The van der Waals surface area contributed by atoms with Gasteiger partial charge in [-0.2, -0.15) is 0 Å². The normalized spacial score (nSPS) is 14.8. The van der Waals surface area contributed by atoms with Gasteiger partial charge in [0.1, 0.15) is 5.75 Å². The molecule has 138 valence electrons. The minimum atomic E-state index is -0.0604. The zero-order valence-corrected chi connectivity index (χ0v) is 15.1. The SMILES string of the molecule is O=C(/C=C/c1cccc(OC2CCCC2)c1)NCCCCn1ccnc1. The van der Waals surface area contributed by atoms with Crippen LogP contribution in [0, 0.1) is 0 Å². The number of aromatic nitrogens is 2. The zero-order chi connectivity index (χ0) is 18.0. The Hall–Kier alpha value is -2.56. The van der Waals surface area contributed by atoms with Gasteiger partial charge in [-0.15, -0.1) is 0 Å². The lowest BCUT2D eigenvalue weighted by Crippen LogP contribution is -2.22. The first kappa shape index (κ1) is 18.2. The third kappa shape index (κ3) is 6.06. The van der Waals surface area contributed by atoms with Crippen LogP contribution in [0.15, 0.2) is 49.1 Å². The van der Waals surface area contributed by atoms with E-state index >= 15 is 0 Å². The molecule has 0 unspecified atom stereocenters. The number of nitrogens with one attached hydrogen (secondary N) is 1. The molecule has 1 amide bonds. The van der Waals surface area contributed by atoms with E-state index in [0.717, 1.165) is 43.5 Å². The van der Waals surface area contributed by atoms with E-state index in [4.69, 9.17) is 4.74 Å². The molecule has 1 aromatic carbocycles.